The van der Waals surface area contributed by atoms with Crippen LogP contribution in [-0.2, 0) is 0 Å². The predicted molar refractivity (Wildman–Crippen MR) is 69.2 cm³/mol. The van der Waals surface area contributed by atoms with Gasteiger partial charge in [-0.3, -0.25) is 4.98 Å². The van der Waals surface area contributed by atoms with Crippen molar-refractivity contribution in [1.29, 1.82) is 0 Å². The molecule has 1 heterocycles. The van der Waals surface area contributed by atoms with E-state index in [9.17, 15) is 5.11 Å². The molecule has 0 saturated heterocycles. The molecule has 1 unspecified atom stereocenters. The van der Waals surface area contributed by atoms with E-state index in [-0.39, 0.29) is 0 Å². The van der Waals surface area contributed by atoms with Crippen molar-refractivity contribution in [3.8, 4) is 0 Å². The summed E-state index contributed by atoms with van der Waals surface area (Å²) in [5.74, 6) is 0. The zero-order chi connectivity index (χ0) is 12.4. The Hall–Kier alpha value is -1.38. The zero-order valence-electron chi connectivity index (χ0n) is 9.81. The number of aliphatic hydroxyl groups excluding tert-OH is 1. The lowest BCUT2D eigenvalue weighted by Gasteiger charge is -2.12. The van der Waals surface area contributed by atoms with Gasteiger partial charge >= 0.3 is 0 Å². The van der Waals surface area contributed by atoms with Crippen molar-refractivity contribution in [2.24, 2.45) is 0 Å². The van der Waals surface area contributed by atoms with Crippen LogP contribution in [0.5, 0.6) is 0 Å². The lowest BCUT2D eigenvalue weighted by molar-refractivity contribution is 0.220. The molecule has 1 N–H and O–H groups in total. The Morgan fingerprint density at radius 3 is 2.47 bits per heavy atom. The van der Waals surface area contributed by atoms with E-state index in [2.05, 4.69) is 4.98 Å². The van der Waals surface area contributed by atoms with Gasteiger partial charge in [-0.25, -0.2) is 0 Å². The molecule has 0 aliphatic heterocycles. The second kappa shape index (κ2) is 4.86. The van der Waals surface area contributed by atoms with Crippen LogP contribution in [0.15, 0.2) is 36.5 Å². The number of hydrogen-bond acceptors (Lipinski definition) is 2. The monoisotopic (exact) mass is 247 g/mol. The Kier molecular flexibility index (Phi) is 3.46. The second-order valence-corrected chi connectivity index (χ2v) is 4.55. The van der Waals surface area contributed by atoms with Crippen LogP contribution in [0.2, 0.25) is 5.02 Å². The van der Waals surface area contributed by atoms with Crippen molar-refractivity contribution in [2.45, 2.75) is 20.0 Å². The minimum atomic E-state index is -0.658. The molecule has 2 nitrogen and oxygen atoms in total. The molecule has 88 valence electrons. The van der Waals surface area contributed by atoms with Gasteiger partial charge in [0, 0.05) is 16.9 Å². The summed E-state index contributed by atoms with van der Waals surface area (Å²) in [5, 5.41) is 10.9. The molecule has 1 aromatic heterocycles. The Bertz CT molecular complexity index is 539. The molecule has 0 spiro atoms. The van der Waals surface area contributed by atoms with E-state index < -0.39 is 6.10 Å². The van der Waals surface area contributed by atoms with E-state index in [1.54, 1.807) is 12.3 Å². The first-order valence-electron chi connectivity index (χ1n) is 5.44. The van der Waals surface area contributed by atoms with Gasteiger partial charge < -0.3 is 5.11 Å². The maximum Gasteiger partial charge on any atom is 0.104 e. The normalized spacial score (nSPS) is 12.5. The maximum atomic E-state index is 10.2. The van der Waals surface area contributed by atoms with Crippen LogP contribution in [0.1, 0.15) is 28.5 Å². The molecule has 0 fully saturated rings. The van der Waals surface area contributed by atoms with Crippen molar-refractivity contribution < 1.29 is 5.11 Å². The summed E-state index contributed by atoms with van der Waals surface area (Å²) >= 11 is 6.05. The van der Waals surface area contributed by atoms with Gasteiger partial charge in [-0.15, -0.1) is 0 Å². The summed E-state index contributed by atoms with van der Waals surface area (Å²) in [5.41, 5.74) is 3.52. The van der Waals surface area contributed by atoms with Crippen LogP contribution in [0.4, 0.5) is 0 Å². The van der Waals surface area contributed by atoms with Gasteiger partial charge in [0.2, 0.25) is 0 Å². The van der Waals surface area contributed by atoms with Crippen LogP contribution in [-0.4, -0.2) is 10.1 Å². The Morgan fingerprint density at radius 2 is 1.82 bits per heavy atom. The topological polar surface area (TPSA) is 33.1 Å². The minimum absolute atomic E-state index is 0.658. The van der Waals surface area contributed by atoms with Crippen LogP contribution in [0.3, 0.4) is 0 Å². The van der Waals surface area contributed by atoms with Crippen LogP contribution in [0.25, 0.3) is 0 Å². The van der Waals surface area contributed by atoms with Gasteiger partial charge in [-0.2, -0.15) is 0 Å². The van der Waals surface area contributed by atoms with Gasteiger partial charge in [-0.1, -0.05) is 23.7 Å². The first kappa shape index (κ1) is 12.1. The Balaban J connectivity index is 2.36. The lowest BCUT2D eigenvalue weighted by atomic mass is 10.0. The number of benzene rings is 1. The van der Waals surface area contributed by atoms with Crippen LogP contribution in [0, 0.1) is 13.8 Å². The first-order chi connectivity index (χ1) is 8.08. The molecule has 2 aromatic rings. The number of rotatable bonds is 2. The van der Waals surface area contributed by atoms with E-state index >= 15 is 0 Å². The summed E-state index contributed by atoms with van der Waals surface area (Å²) in [6, 6.07) is 9.29. The molecule has 17 heavy (non-hydrogen) atoms. The molecular weight excluding hydrogens is 234 g/mol. The molecule has 1 atom stereocenters. The highest BCUT2D eigenvalue weighted by atomic mass is 35.5. The number of pyridine rings is 1. The molecular formula is C14H14ClNO. The SMILES string of the molecule is Cc1cc(C(O)c2ccc(C)c(Cl)c2)ccn1. The summed E-state index contributed by atoms with van der Waals surface area (Å²) in [6.07, 6.45) is 1.04. The van der Waals surface area contributed by atoms with E-state index in [4.69, 9.17) is 11.6 Å². The third kappa shape index (κ3) is 2.65. The highest BCUT2D eigenvalue weighted by Gasteiger charge is 2.11. The quantitative estimate of drug-likeness (QED) is 0.882. The molecule has 0 aliphatic carbocycles. The number of aryl methyl sites for hydroxylation is 2. The smallest absolute Gasteiger partial charge is 0.104 e. The van der Waals surface area contributed by atoms with Crippen molar-refractivity contribution in [3.63, 3.8) is 0 Å². The van der Waals surface area contributed by atoms with E-state index in [0.717, 1.165) is 22.4 Å². The maximum absolute atomic E-state index is 10.2. The minimum Gasteiger partial charge on any atom is -0.384 e. The standard InChI is InChI=1S/C14H14ClNO/c1-9-3-4-11(8-13(9)15)14(17)12-5-6-16-10(2)7-12/h3-8,14,17H,1-2H3. The highest BCUT2D eigenvalue weighted by Crippen LogP contribution is 2.26. The van der Waals surface area contributed by atoms with E-state index in [0.29, 0.717) is 5.02 Å². The number of aliphatic hydroxyl groups is 1. The molecule has 3 heteroatoms. The van der Waals surface area contributed by atoms with Crippen LogP contribution < -0.4 is 0 Å². The fraction of sp³-hybridized carbons (Fsp3) is 0.214. The van der Waals surface area contributed by atoms with Gasteiger partial charge in [-0.05, 0) is 48.7 Å². The summed E-state index contributed by atoms with van der Waals surface area (Å²) < 4.78 is 0. The number of nitrogens with zero attached hydrogens (tertiary/aromatic N) is 1. The Labute approximate surface area is 106 Å². The van der Waals surface area contributed by atoms with Gasteiger partial charge in [0.1, 0.15) is 6.10 Å². The molecule has 0 amide bonds. The summed E-state index contributed by atoms with van der Waals surface area (Å²) in [4.78, 5) is 4.11. The van der Waals surface area contributed by atoms with Crippen molar-refractivity contribution in [1.82, 2.24) is 4.98 Å². The predicted octanol–water partition coefficient (Wildman–Crippen LogP) is 3.43. The Morgan fingerprint density at radius 1 is 1.12 bits per heavy atom. The molecule has 0 saturated carbocycles. The third-order valence-corrected chi connectivity index (χ3v) is 3.16. The lowest BCUT2D eigenvalue weighted by Crippen LogP contribution is -2.00. The largest absolute Gasteiger partial charge is 0.384 e. The van der Waals surface area contributed by atoms with Gasteiger partial charge in [0.15, 0.2) is 0 Å². The molecule has 2 rings (SSSR count). The molecule has 1 aromatic carbocycles. The third-order valence-electron chi connectivity index (χ3n) is 2.75. The summed E-state index contributed by atoms with van der Waals surface area (Å²) in [7, 11) is 0. The van der Waals surface area contributed by atoms with Crippen LogP contribution >= 0.6 is 11.6 Å². The number of aromatic nitrogens is 1. The van der Waals surface area contributed by atoms with Crippen molar-refractivity contribution >= 4 is 11.6 Å². The first-order valence-corrected chi connectivity index (χ1v) is 5.82. The second-order valence-electron chi connectivity index (χ2n) is 4.14. The van der Waals surface area contributed by atoms with E-state index in [1.807, 2.05) is 38.1 Å². The highest BCUT2D eigenvalue weighted by molar-refractivity contribution is 6.31. The van der Waals surface area contributed by atoms with Gasteiger partial charge in [0.25, 0.3) is 0 Å². The number of hydrogen-bond donors (Lipinski definition) is 1. The average molecular weight is 248 g/mol. The average Bonchev–Trinajstić information content (AvgIpc) is 2.32. The summed E-state index contributed by atoms with van der Waals surface area (Å²) in [6.45, 7) is 3.84. The van der Waals surface area contributed by atoms with Crippen molar-refractivity contribution in [2.75, 3.05) is 0 Å². The fourth-order valence-corrected chi connectivity index (χ4v) is 1.90. The number of halogens is 1. The molecule has 0 bridgehead atoms. The molecule has 0 aliphatic rings. The zero-order valence-corrected chi connectivity index (χ0v) is 10.6. The molecule has 0 radical (unpaired) electrons. The van der Waals surface area contributed by atoms with E-state index in [1.165, 1.54) is 0 Å². The van der Waals surface area contributed by atoms with Crippen molar-refractivity contribution in [3.05, 3.63) is 63.9 Å². The van der Waals surface area contributed by atoms with Gasteiger partial charge in [0.05, 0.1) is 0 Å². The fourth-order valence-electron chi connectivity index (χ4n) is 1.71.